The molecule has 0 aromatic heterocycles. The summed E-state index contributed by atoms with van der Waals surface area (Å²) >= 11 is 0. The molecule has 5 nitrogen and oxygen atoms in total. The van der Waals surface area contributed by atoms with Crippen LogP contribution in [0.15, 0.2) is 0 Å². The molecular formula is C8H16N2O3. The maximum Gasteiger partial charge on any atom is 0.323 e. The van der Waals surface area contributed by atoms with E-state index in [-0.39, 0.29) is 5.97 Å². The van der Waals surface area contributed by atoms with E-state index in [1.165, 1.54) is 7.11 Å². The van der Waals surface area contributed by atoms with E-state index >= 15 is 0 Å². The Morgan fingerprint density at radius 3 is 2.77 bits per heavy atom. The summed E-state index contributed by atoms with van der Waals surface area (Å²) < 4.78 is 9.70. The molecule has 0 unspecified atom stereocenters. The van der Waals surface area contributed by atoms with Crippen molar-refractivity contribution < 1.29 is 14.3 Å². The number of ether oxygens (including phenoxy) is 2. The summed E-state index contributed by atoms with van der Waals surface area (Å²) in [5.41, 5.74) is 5.60. The first-order valence-corrected chi connectivity index (χ1v) is 4.37. The lowest BCUT2D eigenvalue weighted by atomic mass is 10.3. The highest BCUT2D eigenvalue weighted by Crippen LogP contribution is 1.98. The molecule has 0 amide bonds. The van der Waals surface area contributed by atoms with Crippen molar-refractivity contribution in [3.05, 3.63) is 0 Å². The van der Waals surface area contributed by atoms with Gasteiger partial charge in [0.05, 0.1) is 20.3 Å². The zero-order valence-corrected chi connectivity index (χ0v) is 7.86. The molecule has 76 valence electrons. The van der Waals surface area contributed by atoms with Gasteiger partial charge in [0.2, 0.25) is 0 Å². The zero-order valence-electron chi connectivity index (χ0n) is 7.86. The Kier molecular flexibility index (Phi) is 4.14. The highest BCUT2D eigenvalue weighted by molar-refractivity contribution is 5.75. The number of carbonyl (C=O) groups is 1. The number of methoxy groups -OCH3 is 1. The predicted molar refractivity (Wildman–Crippen MR) is 47.3 cm³/mol. The second-order valence-electron chi connectivity index (χ2n) is 3.04. The summed E-state index contributed by atoms with van der Waals surface area (Å²) in [7, 11) is 1.35. The molecule has 0 spiro atoms. The monoisotopic (exact) mass is 188 g/mol. The first-order chi connectivity index (χ1) is 6.24. The fourth-order valence-electron chi connectivity index (χ4n) is 1.29. The van der Waals surface area contributed by atoms with Gasteiger partial charge in [-0.2, -0.15) is 0 Å². The van der Waals surface area contributed by atoms with Crippen LogP contribution in [-0.2, 0) is 14.3 Å². The molecule has 1 atom stereocenters. The van der Waals surface area contributed by atoms with Gasteiger partial charge in [-0.3, -0.25) is 9.69 Å². The van der Waals surface area contributed by atoms with Crippen molar-refractivity contribution >= 4 is 5.97 Å². The Hall–Kier alpha value is -0.650. The second-order valence-corrected chi connectivity index (χ2v) is 3.04. The number of morpholine rings is 1. The lowest BCUT2D eigenvalue weighted by Crippen LogP contribution is -2.47. The van der Waals surface area contributed by atoms with Gasteiger partial charge in [-0.25, -0.2) is 0 Å². The maximum atomic E-state index is 11.0. The number of rotatable bonds is 3. The van der Waals surface area contributed by atoms with Crippen molar-refractivity contribution in [2.75, 3.05) is 40.0 Å². The van der Waals surface area contributed by atoms with E-state index in [9.17, 15) is 4.79 Å². The van der Waals surface area contributed by atoms with Gasteiger partial charge >= 0.3 is 5.97 Å². The molecule has 5 heteroatoms. The summed E-state index contributed by atoms with van der Waals surface area (Å²) in [4.78, 5) is 13.1. The molecule has 1 aliphatic rings. The number of esters is 1. The average Bonchev–Trinajstić information content (AvgIpc) is 2.18. The van der Waals surface area contributed by atoms with E-state index in [0.29, 0.717) is 19.8 Å². The second kappa shape index (κ2) is 5.16. The molecule has 0 saturated carbocycles. The molecule has 0 aromatic carbocycles. The third-order valence-corrected chi connectivity index (χ3v) is 2.06. The Bertz CT molecular complexity index is 169. The van der Waals surface area contributed by atoms with Gasteiger partial charge in [0.15, 0.2) is 0 Å². The third kappa shape index (κ3) is 3.30. The Morgan fingerprint density at radius 1 is 1.62 bits per heavy atom. The first-order valence-electron chi connectivity index (χ1n) is 4.37. The molecule has 1 fully saturated rings. The SMILES string of the molecule is COC(=O)[C@@H](N)CN1CCOCC1. The smallest absolute Gasteiger partial charge is 0.323 e. The van der Waals surface area contributed by atoms with Crippen LogP contribution in [0.3, 0.4) is 0 Å². The fourth-order valence-corrected chi connectivity index (χ4v) is 1.29. The van der Waals surface area contributed by atoms with Gasteiger partial charge in [-0.05, 0) is 0 Å². The van der Waals surface area contributed by atoms with Gasteiger partial charge in [0.25, 0.3) is 0 Å². The highest BCUT2D eigenvalue weighted by atomic mass is 16.5. The Morgan fingerprint density at radius 2 is 2.23 bits per heavy atom. The van der Waals surface area contributed by atoms with E-state index in [1.54, 1.807) is 0 Å². The quantitative estimate of drug-likeness (QED) is 0.565. The van der Waals surface area contributed by atoms with Crippen LogP contribution >= 0.6 is 0 Å². The van der Waals surface area contributed by atoms with Crippen LogP contribution in [-0.4, -0.2) is 56.9 Å². The minimum atomic E-state index is -0.539. The molecule has 1 heterocycles. The molecule has 0 aromatic rings. The van der Waals surface area contributed by atoms with Crippen molar-refractivity contribution in [2.45, 2.75) is 6.04 Å². The third-order valence-electron chi connectivity index (χ3n) is 2.06. The van der Waals surface area contributed by atoms with Crippen LogP contribution in [0.25, 0.3) is 0 Å². The molecule has 1 aliphatic heterocycles. The molecule has 1 saturated heterocycles. The van der Waals surface area contributed by atoms with Crippen molar-refractivity contribution in [3.63, 3.8) is 0 Å². The van der Waals surface area contributed by atoms with E-state index in [2.05, 4.69) is 9.64 Å². The Balaban J connectivity index is 2.25. The zero-order chi connectivity index (χ0) is 9.68. The van der Waals surface area contributed by atoms with Crippen molar-refractivity contribution in [1.82, 2.24) is 4.90 Å². The fraction of sp³-hybridized carbons (Fsp3) is 0.875. The molecule has 0 radical (unpaired) electrons. The minimum Gasteiger partial charge on any atom is -0.468 e. The summed E-state index contributed by atoms with van der Waals surface area (Å²) in [5.74, 6) is -0.355. The lowest BCUT2D eigenvalue weighted by molar-refractivity contribution is -0.142. The molecule has 13 heavy (non-hydrogen) atoms. The molecule has 2 N–H and O–H groups in total. The van der Waals surface area contributed by atoms with Crippen LogP contribution in [0.1, 0.15) is 0 Å². The van der Waals surface area contributed by atoms with Gasteiger partial charge in [0.1, 0.15) is 6.04 Å². The molecule has 1 rings (SSSR count). The number of hydrogen-bond acceptors (Lipinski definition) is 5. The van der Waals surface area contributed by atoms with Crippen molar-refractivity contribution in [1.29, 1.82) is 0 Å². The van der Waals surface area contributed by atoms with Crippen molar-refractivity contribution in [3.8, 4) is 0 Å². The lowest BCUT2D eigenvalue weighted by Gasteiger charge is -2.27. The standard InChI is InChI=1S/C8H16N2O3/c1-12-8(11)7(9)6-10-2-4-13-5-3-10/h7H,2-6,9H2,1H3/t7-/m0/s1. The predicted octanol–water partition coefficient (Wildman–Crippen LogP) is -1.18. The molecule has 0 bridgehead atoms. The molecular weight excluding hydrogens is 172 g/mol. The number of nitrogens with zero attached hydrogens (tertiary/aromatic N) is 1. The minimum absolute atomic E-state index is 0.355. The van der Waals surface area contributed by atoms with Gasteiger partial charge < -0.3 is 15.2 Å². The van der Waals surface area contributed by atoms with Crippen LogP contribution in [0, 0.1) is 0 Å². The van der Waals surface area contributed by atoms with Crippen LogP contribution in [0.4, 0.5) is 0 Å². The van der Waals surface area contributed by atoms with Gasteiger partial charge in [-0.1, -0.05) is 0 Å². The van der Waals surface area contributed by atoms with Crippen LogP contribution < -0.4 is 5.73 Å². The van der Waals surface area contributed by atoms with Crippen LogP contribution in [0.2, 0.25) is 0 Å². The Labute approximate surface area is 77.8 Å². The van der Waals surface area contributed by atoms with E-state index in [0.717, 1.165) is 13.1 Å². The summed E-state index contributed by atoms with van der Waals surface area (Å²) in [6.45, 7) is 3.66. The summed E-state index contributed by atoms with van der Waals surface area (Å²) in [6, 6.07) is -0.539. The number of nitrogens with two attached hydrogens (primary N) is 1. The van der Waals surface area contributed by atoms with Crippen molar-refractivity contribution in [2.24, 2.45) is 5.73 Å². The van der Waals surface area contributed by atoms with Gasteiger partial charge in [0, 0.05) is 19.6 Å². The van der Waals surface area contributed by atoms with E-state index in [4.69, 9.17) is 10.5 Å². The highest BCUT2D eigenvalue weighted by Gasteiger charge is 2.19. The number of carbonyl (C=O) groups excluding carboxylic acids is 1. The van der Waals surface area contributed by atoms with E-state index < -0.39 is 6.04 Å². The summed E-state index contributed by atoms with van der Waals surface area (Å²) in [6.07, 6.45) is 0. The number of hydrogen-bond donors (Lipinski definition) is 1. The van der Waals surface area contributed by atoms with E-state index in [1.807, 2.05) is 0 Å². The van der Waals surface area contributed by atoms with Gasteiger partial charge in [-0.15, -0.1) is 0 Å². The summed E-state index contributed by atoms with van der Waals surface area (Å²) in [5, 5.41) is 0. The normalized spacial score (nSPS) is 21.1. The average molecular weight is 188 g/mol. The maximum absolute atomic E-state index is 11.0. The topological polar surface area (TPSA) is 64.8 Å². The first kappa shape index (κ1) is 10.4. The largest absolute Gasteiger partial charge is 0.468 e. The molecule has 0 aliphatic carbocycles. The van der Waals surface area contributed by atoms with Crippen LogP contribution in [0.5, 0.6) is 0 Å².